The molecule has 0 saturated carbocycles. The largest absolute Gasteiger partial charge is 0.425 e. The van der Waals surface area contributed by atoms with Gasteiger partial charge in [-0.15, -0.1) is 0 Å². The van der Waals surface area contributed by atoms with Crippen molar-refractivity contribution in [3.8, 4) is 5.75 Å². The molecule has 1 aromatic rings. The normalized spacial score (nSPS) is 11.8. The van der Waals surface area contributed by atoms with Crippen LogP contribution in [0.3, 0.4) is 0 Å². The molecule has 0 saturated heterocycles. The molecule has 1 aromatic carbocycles. The molecule has 0 aromatic heterocycles. The van der Waals surface area contributed by atoms with Crippen LogP contribution in [0.15, 0.2) is 24.3 Å². The van der Waals surface area contributed by atoms with Crippen LogP contribution in [0.25, 0.3) is 0 Å². The zero-order valence-electron chi connectivity index (χ0n) is 11.2. The lowest BCUT2D eigenvalue weighted by molar-refractivity contribution is -0.136. The third-order valence-electron chi connectivity index (χ3n) is 2.67. The van der Waals surface area contributed by atoms with Crippen molar-refractivity contribution in [2.75, 3.05) is 5.75 Å². The van der Waals surface area contributed by atoms with Crippen LogP contribution in [0.1, 0.15) is 18.9 Å². The van der Waals surface area contributed by atoms with Gasteiger partial charge < -0.3 is 10.5 Å². The van der Waals surface area contributed by atoms with E-state index in [0.717, 1.165) is 0 Å². The molecule has 0 radical (unpaired) electrons. The highest BCUT2D eigenvalue weighted by atomic mass is 32.1. The zero-order valence-corrected chi connectivity index (χ0v) is 12.1. The van der Waals surface area contributed by atoms with E-state index in [1.54, 1.807) is 31.2 Å². The van der Waals surface area contributed by atoms with E-state index in [1.807, 2.05) is 0 Å². The number of hydrogen-bond acceptors (Lipinski definition) is 6. The Bertz CT molecular complexity index is 516. The van der Waals surface area contributed by atoms with Crippen molar-refractivity contribution in [3.05, 3.63) is 29.8 Å². The van der Waals surface area contributed by atoms with E-state index in [-0.39, 0.29) is 24.3 Å². The highest BCUT2D eigenvalue weighted by molar-refractivity contribution is 7.80. The number of ketones is 2. The van der Waals surface area contributed by atoms with Gasteiger partial charge in [0.25, 0.3) is 0 Å². The molecule has 1 atom stereocenters. The molecule has 0 aliphatic rings. The van der Waals surface area contributed by atoms with Crippen LogP contribution < -0.4 is 10.5 Å². The molecule has 5 nitrogen and oxygen atoms in total. The van der Waals surface area contributed by atoms with Crippen LogP contribution in [0, 0.1) is 0 Å². The number of thiol groups is 1. The maximum atomic E-state index is 11.6. The Balaban J connectivity index is 2.86. The maximum Gasteiger partial charge on any atom is 0.329 e. The Kier molecular flexibility index (Phi) is 6.41. The summed E-state index contributed by atoms with van der Waals surface area (Å²) in [6.07, 6.45) is 0.0670. The third-order valence-corrected chi connectivity index (χ3v) is 3.06. The Morgan fingerprint density at radius 1 is 1.25 bits per heavy atom. The van der Waals surface area contributed by atoms with Gasteiger partial charge in [-0.2, -0.15) is 12.6 Å². The van der Waals surface area contributed by atoms with Crippen molar-refractivity contribution in [2.24, 2.45) is 5.73 Å². The predicted molar refractivity (Wildman–Crippen MR) is 77.9 cm³/mol. The number of Topliss-reactive ketones (excluding diaryl/α,β-unsaturated/α-hetero) is 2. The van der Waals surface area contributed by atoms with Gasteiger partial charge in [0, 0.05) is 24.2 Å². The summed E-state index contributed by atoms with van der Waals surface area (Å²) in [5.41, 5.74) is 6.00. The van der Waals surface area contributed by atoms with Gasteiger partial charge in [-0.1, -0.05) is 25.1 Å². The number of esters is 1. The van der Waals surface area contributed by atoms with Crippen molar-refractivity contribution in [1.29, 1.82) is 0 Å². The summed E-state index contributed by atoms with van der Waals surface area (Å²) >= 11 is 3.92. The molecule has 0 aliphatic heterocycles. The van der Waals surface area contributed by atoms with Gasteiger partial charge in [-0.05, 0) is 6.07 Å². The minimum atomic E-state index is -0.834. The molecule has 0 amide bonds. The second-order valence-electron chi connectivity index (χ2n) is 4.19. The summed E-state index contributed by atoms with van der Waals surface area (Å²) in [4.78, 5) is 34.6. The second kappa shape index (κ2) is 7.81. The minimum absolute atomic E-state index is 0.0910. The van der Waals surface area contributed by atoms with Gasteiger partial charge in [-0.3, -0.25) is 9.59 Å². The molecule has 0 fully saturated rings. The number of ether oxygens (including phenoxy) is 1. The Labute approximate surface area is 122 Å². The van der Waals surface area contributed by atoms with Crippen LogP contribution in [-0.4, -0.2) is 29.3 Å². The molecule has 1 unspecified atom stereocenters. The summed E-state index contributed by atoms with van der Waals surface area (Å²) in [6, 6.07) is 5.73. The molecule has 6 heteroatoms. The van der Waals surface area contributed by atoms with E-state index >= 15 is 0 Å². The summed E-state index contributed by atoms with van der Waals surface area (Å²) < 4.78 is 5.14. The van der Waals surface area contributed by atoms with Crippen molar-refractivity contribution >= 4 is 30.2 Å². The molecule has 108 valence electrons. The van der Waals surface area contributed by atoms with E-state index in [1.165, 1.54) is 0 Å². The average molecular weight is 295 g/mol. The molecular formula is C14H17NO4S. The fourth-order valence-electron chi connectivity index (χ4n) is 1.48. The number of carbonyl (C=O) groups is 3. The van der Waals surface area contributed by atoms with Gasteiger partial charge in [0.1, 0.15) is 11.8 Å². The van der Waals surface area contributed by atoms with Crippen LogP contribution in [0.4, 0.5) is 0 Å². The van der Waals surface area contributed by atoms with Crippen LogP contribution in [0.2, 0.25) is 0 Å². The molecule has 2 N–H and O–H groups in total. The molecule has 0 aliphatic carbocycles. The van der Waals surface area contributed by atoms with Crippen LogP contribution in [0.5, 0.6) is 5.75 Å². The standard InChI is InChI=1S/C14H17NO4S/c1-2-11(16)12(17)7-9-5-3-4-6-13(9)19-14(18)10(15)8-20/h3-6,10,20H,2,7-8,15H2,1H3. The molecule has 20 heavy (non-hydrogen) atoms. The van der Waals surface area contributed by atoms with Crippen molar-refractivity contribution < 1.29 is 19.1 Å². The predicted octanol–water partition coefficient (Wildman–Crippen LogP) is 0.940. The van der Waals surface area contributed by atoms with Gasteiger partial charge >= 0.3 is 5.97 Å². The Morgan fingerprint density at radius 3 is 2.50 bits per heavy atom. The molecule has 0 bridgehead atoms. The quantitative estimate of drug-likeness (QED) is 0.338. The van der Waals surface area contributed by atoms with Crippen molar-refractivity contribution in [3.63, 3.8) is 0 Å². The van der Waals surface area contributed by atoms with Crippen LogP contribution >= 0.6 is 12.6 Å². The third kappa shape index (κ3) is 4.47. The number of carbonyl (C=O) groups excluding carboxylic acids is 3. The Hall–Kier alpha value is -1.66. The summed E-state index contributed by atoms with van der Waals surface area (Å²) in [7, 11) is 0. The van der Waals surface area contributed by atoms with Gasteiger partial charge in [0.15, 0.2) is 5.78 Å². The zero-order chi connectivity index (χ0) is 15.1. The Morgan fingerprint density at radius 2 is 1.90 bits per heavy atom. The lowest BCUT2D eigenvalue weighted by Crippen LogP contribution is -2.36. The van der Waals surface area contributed by atoms with Gasteiger partial charge in [0.2, 0.25) is 5.78 Å². The van der Waals surface area contributed by atoms with E-state index in [0.29, 0.717) is 5.56 Å². The van der Waals surface area contributed by atoms with E-state index in [4.69, 9.17) is 10.5 Å². The van der Waals surface area contributed by atoms with E-state index in [9.17, 15) is 14.4 Å². The summed E-state index contributed by atoms with van der Waals surface area (Å²) in [5.74, 6) is -1.17. The van der Waals surface area contributed by atoms with E-state index < -0.39 is 23.6 Å². The van der Waals surface area contributed by atoms with Gasteiger partial charge in [0.05, 0.1) is 0 Å². The lowest BCUT2D eigenvalue weighted by Gasteiger charge is -2.11. The molecule has 0 spiro atoms. The maximum absolute atomic E-state index is 11.6. The van der Waals surface area contributed by atoms with E-state index in [2.05, 4.69) is 12.6 Å². The molecule has 1 rings (SSSR count). The lowest BCUT2D eigenvalue weighted by atomic mass is 10.0. The number of rotatable bonds is 7. The van der Waals surface area contributed by atoms with Crippen molar-refractivity contribution in [2.45, 2.75) is 25.8 Å². The minimum Gasteiger partial charge on any atom is -0.425 e. The summed E-state index contributed by atoms with van der Waals surface area (Å²) in [6.45, 7) is 1.62. The summed E-state index contributed by atoms with van der Waals surface area (Å²) in [5, 5.41) is 0. The first-order valence-corrected chi connectivity index (χ1v) is 6.84. The highest BCUT2D eigenvalue weighted by Gasteiger charge is 2.18. The van der Waals surface area contributed by atoms with Crippen molar-refractivity contribution in [1.82, 2.24) is 0 Å². The number of nitrogens with two attached hydrogens (primary N) is 1. The van der Waals surface area contributed by atoms with Gasteiger partial charge in [-0.25, -0.2) is 4.79 Å². The topological polar surface area (TPSA) is 86.5 Å². The smallest absolute Gasteiger partial charge is 0.329 e. The number of benzene rings is 1. The number of para-hydroxylation sites is 1. The monoisotopic (exact) mass is 295 g/mol. The first kappa shape index (κ1) is 16.4. The molecule has 0 heterocycles. The molecular weight excluding hydrogens is 278 g/mol. The highest BCUT2D eigenvalue weighted by Crippen LogP contribution is 2.19. The first-order chi connectivity index (χ1) is 9.49. The first-order valence-electron chi connectivity index (χ1n) is 6.21. The fourth-order valence-corrected chi connectivity index (χ4v) is 1.63. The SMILES string of the molecule is CCC(=O)C(=O)Cc1ccccc1OC(=O)C(N)CS. The average Bonchev–Trinajstić information content (AvgIpc) is 2.47. The van der Waals surface area contributed by atoms with Crippen LogP contribution in [-0.2, 0) is 20.8 Å². The second-order valence-corrected chi connectivity index (χ2v) is 4.56. The fraction of sp³-hybridized carbons (Fsp3) is 0.357. The number of hydrogen-bond donors (Lipinski definition) is 2.